The first-order valence-electron chi connectivity index (χ1n) is 5.84. The van der Waals surface area contributed by atoms with Crippen LogP contribution in [-0.4, -0.2) is 31.6 Å². The summed E-state index contributed by atoms with van der Waals surface area (Å²) in [4.78, 5) is 11.7. The first kappa shape index (κ1) is 12.5. The lowest BCUT2D eigenvalue weighted by molar-refractivity contribution is -0.125. The van der Waals surface area contributed by atoms with Crippen LogP contribution in [0.5, 0.6) is 0 Å². The lowest BCUT2D eigenvalue weighted by Gasteiger charge is -2.27. The van der Waals surface area contributed by atoms with Gasteiger partial charge in [-0.2, -0.15) is 0 Å². The van der Waals surface area contributed by atoms with Crippen molar-refractivity contribution >= 4 is 5.91 Å². The summed E-state index contributed by atoms with van der Waals surface area (Å²) in [5, 5.41) is 6.10. The summed E-state index contributed by atoms with van der Waals surface area (Å²) in [6.45, 7) is 2.68. The second-order valence-electron chi connectivity index (χ2n) is 4.58. The zero-order chi connectivity index (χ0) is 11.3. The van der Waals surface area contributed by atoms with Crippen LogP contribution in [0.3, 0.4) is 0 Å². The summed E-state index contributed by atoms with van der Waals surface area (Å²) in [6, 6.07) is 0.685. The minimum atomic E-state index is 0.0469. The van der Waals surface area contributed by atoms with Gasteiger partial charge >= 0.3 is 0 Å². The molecule has 1 atom stereocenters. The maximum atomic E-state index is 11.7. The highest BCUT2D eigenvalue weighted by Crippen LogP contribution is 2.17. The standard InChI is InChI=1S/C11H23N3O/c1-8(7-13-2)11(15)14-10-5-3-9(12)4-6-10/h8-10,13H,3-7,12H2,1-2H3,(H,14,15). The van der Waals surface area contributed by atoms with E-state index in [1.807, 2.05) is 14.0 Å². The van der Waals surface area contributed by atoms with Crippen molar-refractivity contribution in [3.05, 3.63) is 0 Å². The highest BCUT2D eigenvalue weighted by Gasteiger charge is 2.21. The molecule has 1 aliphatic carbocycles. The second-order valence-corrected chi connectivity index (χ2v) is 4.58. The molecule has 0 aromatic rings. The summed E-state index contributed by atoms with van der Waals surface area (Å²) in [6.07, 6.45) is 4.12. The number of hydrogen-bond donors (Lipinski definition) is 3. The van der Waals surface area contributed by atoms with Crippen LogP contribution >= 0.6 is 0 Å². The molecule has 1 aliphatic rings. The van der Waals surface area contributed by atoms with Crippen LogP contribution in [0.4, 0.5) is 0 Å². The number of amides is 1. The van der Waals surface area contributed by atoms with Gasteiger partial charge in [0.25, 0.3) is 0 Å². The Hall–Kier alpha value is -0.610. The van der Waals surface area contributed by atoms with E-state index in [-0.39, 0.29) is 11.8 Å². The van der Waals surface area contributed by atoms with E-state index in [1.54, 1.807) is 0 Å². The number of carbonyl (C=O) groups excluding carboxylic acids is 1. The van der Waals surface area contributed by atoms with E-state index in [0.29, 0.717) is 12.1 Å². The molecule has 0 aromatic carbocycles. The zero-order valence-corrected chi connectivity index (χ0v) is 9.75. The van der Waals surface area contributed by atoms with E-state index >= 15 is 0 Å². The molecule has 4 N–H and O–H groups in total. The highest BCUT2D eigenvalue weighted by atomic mass is 16.1. The average molecular weight is 213 g/mol. The summed E-state index contributed by atoms with van der Waals surface area (Å²) >= 11 is 0. The monoisotopic (exact) mass is 213 g/mol. The predicted molar refractivity (Wildman–Crippen MR) is 61.5 cm³/mol. The minimum Gasteiger partial charge on any atom is -0.353 e. The molecule has 0 aliphatic heterocycles. The van der Waals surface area contributed by atoms with Crippen LogP contribution in [0.2, 0.25) is 0 Å². The molecule has 0 spiro atoms. The smallest absolute Gasteiger partial charge is 0.224 e. The molecule has 15 heavy (non-hydrogen) atoms. The molecular formula is C11H23N3O. The van der Waals surface area contributed by atoms with E-state index in [1.165, 1.54) is 0 Å². The van der Waals surface area contributed by atoms with E-state index in [2.05, 4.69) is 10.6 Å². The van der Waals surface area contributed by atoms with Crippen molar-refractivity contribution in [3.63, 3.8) is 0 Å². The van der Waals surface area contributed by atoms with Gasteiger partial charge in [-0.3, -0.25) is 4.79 Å². The quantitative estimate of drug-likeness (QED) is 0.626. The summed E-state index contributed by atoms with van der Waals surface area (Å²) in [5.74, 6) is 0.204. The van der Waals surface area contributed by atoms with E-state index < -0.39 is 0 Å². The SMILES string of the molecule is CNCC(C)C(=O)NC1CCC(N)CC1. The lowest BCUT2D eigenvalue weighted by atomic mass is 9.91. The zero-order valence-electron chi connectivity index (χ0n) is 9.75. The van der Waals surface area contributed by atoms with Crippen molar-refractivity contribution in [1.82, 2.24) is 10.6 Å². The number of nitrogens with one attached hydrogen (secondary N) is 2. The molecule has 1 saturated carbocycles. The van der Waals surface area contributed by atoms with Gasteiger partial charge in [-0.1, -0.05) is 6.92 Å². The Morgan fingerprint density at radius 3 is 2.53 bits per heavy atom. The third kappa shape index (κ3) is 4.18. The van der Waals surface area contributed by atoms with Gasteiger partial charge < -0.3 is 16.4 Å². The molecule has 1 rings (SSSR count). The van der Waals surface area contributed by atoms with E-state index in [0.717, 1.165) is 32.2 Å². The fourth-order valence-corrected chi connectivity index (χ4v) is 2.01. The molecule has 1 amide bonds. The van der Waals surface area contributed by atoms with Crippen LogP contribution in [0, 0.1) is 5.92 Å². The van der Waals surface area contributed by atoms with Crippen LogP contribution in [0.15, 0.2) is 0 Å². The van der Waals surface area contributed by atoms with E-state index in [9.17, 15) is 4.79 Å². The van der Waals surface area contributed by atoms with Crippen LogP contribution < -0.4 is 16.4 Å². The molecule has 88 valence electrons. The Bertz CT molecular complexity index is 200. The molecular weight excluding hydrogens is 190 g/mol. The predicted octanol–water partition coefficient (Wildman–Crippen LogP) is 0.228. The van der Waals surface area contributed by atoms with Crippen LogP contribution in [-0.2, 0) is 4.79 Å². The van der Waals surface area contributed by atoms with Crippen molar-refractivity contribution < 1.29 is 4.79 Å². The van der Waals surface area contributed by atoms with Gasteiger partial charge in [0.15, 0.2) is 0 Å². The normalized spacial score (nSPS) is 28.5. The number of hydrogen-bond acceptors (Lipinski definition) is 3. The largest absolute Gasteiger partial charge is 0.353 e. The molecule has 1 fully saturated rings. The maximum Gasteiger partial charge on any atom is 0.224 e. The first-order valence-corrected chi connectivity index (χ1v) is 5.84. The summed E-state index contributed by atoms with van der Waals surface area (Å²) in [7, 11) is 1.86. The van der Waals surface area contributed by atoms with Crippen LogP contribution in [0.1, 0.15) is 32.6 Å². The Morgan fingerprint density at radius 2 is 2.00 bits per heavy atom. The minimum absolute atomic E-state index is 0.0469. The molecule has 0 bridgehead atoms. The molecule has 0 saturated heterocycles. The van der Waals surface area contributed by atoms with E-state index in [4.69, 9.17) is 5.73 Å². The third-order valence-corrected chi connectivity index (χ3v) is 3.08. The average Bonchev–Trinajstić information content (AvgIpc) is 2.22. The molecule has 1 unspecified atom stereocenters. The summed E-state index contributed by atoms with van der Waals surface area (Å²) < 4.78 is 0. The van der Waals surface area contributed by atoms with Gasteiger partial charge in [-0.05, 0) is 32.7 Å². The Kier molecular flexibility index (Phi) is 5.05. The van der Waals surface area contributed by atoms with Gasteiger partial charge in [0.1, 0.15) is 0 Å². The number of carbonyl (C=O) groups is 1. The van der Waals surface area contributed by atoms with Crippen molar-refractivity contribution in [1.29, 1.82) is 0 Å². The Morgan fingerprint density at radius 1 is 1.40 bits per heavy atom. The van der Waals surface area contributed by atoms with Crippen LogP contribution in [0.25, 0.3) is 0 Å². The fraction of sp³-hybridized carbons (Fsp3) is 0.909. The number of nitrogens with two attached hydrogens (primary N) is 1. The first-order chi connectivity index (χ1) is 7.13. The fourth-order valence-electron chi connectivity index (χ4n) is 2.01. The van der Waals surface area contributed by atoms with Crippen molar-refractivity contribution in [2.45, 2.75) is 44.7 Å². The maximum absolute atomic E-state index is 11.7. The molecule has 0 heterocycles. The second kappa shape index (κ2) is 6.08. The topological polar surface area (TPSA) is 67.2 Å². The third-order valence-electron chi connectivity index (χ3n) is 3.08. The Labute approximate surface area is 92.0 Å². The van der Waals surface area contributed by atoms with Gasteiger partial charge in [0.05, 0.1) is 0 Å². The van der Waals surface area contributed by atoms with Crippen molar-refractivity contribution in [3.8, 4) is 0 Å². The molecule has 4 nitrogen and oxygen atoms in total. The molecule has 0 radical (unpaired) electrons. The van der Waals surface area contributed by atoms with Gasteiger partial charge in [-0.15, -0.1) is 0 Å². The number of rotatable bonds is 4. The van der Waals surface area contributed by atoms with Gasteiger partial charge in [0.2, 0.25) is 5.91 Å². The van der Waals surface area contributed by atoms with Crippen molar-refractivity contribution in [2.24, 2.45) is 11.7 Å². The summed E-state index contributed by atoms with van der Waals surface area (Å²) in [5.41, 5.74) is 5.81. The molecule has 4 heteroatoms. The lowest BCUT2D eigenvalue weighted by Crippen LogP contribution is -2.44. The highest BCUT2D eigenvalue weighted by molar-refractivity contribution is 5.78. The molecule has 0 aromatic heterocycles. The van der Waals surface area contributed by atoms with Gasteiger partial charge in [0, 0.05) is 24.5 Å². The van der Waals surface area contributed by atoms with Crippen molar-refractivity contribution in [2.75, 3.05) is 13.6 Å². The Balaban J connectivity index is 2.25. The van der Waals surface area contributed by atoms with Gasteiger partial charge in [-0.25, -0.2) is 0 Å².